The minimum Gasteiger partial charge on any atom is -0.364 e. The molecular formula is C12H17F4NO2. The molecule has 110 valence electrons. The van der Waals surface area contributed by atoms with Crippen molar-refractivity contribution in [3.8, 4) is 0 Å². The Labute approximate surface area is 109 Å². The molecule has 0 amide bonds. The molecule has 1 atom stereocenters. The summed E-state index contributed by atoms with van der Waals surface area (Å²) in [5.41, 5.74) is 0.157. The van der Waals surface area contributed by atoms with E-state index in [1.165, 1.54) is 12.2 Å². The SMILES string of the molecule is C=C/C=C(/CCOC(C=C)C(F)(F)F)C(=C)F.NO. The number of rotatable bonds is 7. The van der Waals surface area contributed by atoms with E-state index in [0.717, 1.165) is 0 Å². The maximum atomic E-state index is 12.8. The van der Waals surface area contributed by atoms with E-state index in [-0.39, 0.29) is 18.6 Å². The van der Waals surface area contributed by atoms with Gasteiger partial charge in [-0.3, -0.25) is 0 Å². The van der Waals surface area contributed by atoms with Crippen LogP contribution in [0.3, 0.4) is 0 Å². The Hall–Kier alpha value is -1.44. The van der Waals surface area contributed by atoms with Crippen molar-refractivity contribution >= 4 is 0 Å². The summed E-state index contributed by atoms with van der Waals surface area (Å²) in [5.74, 6) is 2.79. The highest BCUT2D eigenvalue weighted by atomic mass is 19.4. The van der Waals surface area contributed by atoms with Crippen molar-refractivity contribution in [2.24, 2.45) is 5.90 Å². The molecule has 0 saturated heterocycles. The number of hydrogen-bond donors (Lipinski definition) is 2. The van der Waals surface area contributed by atoms with Crippen molar-refractivity contribution in [2.75, 3.05) is 6.61 Å². The van der Waals surface area contributed by atoms with Crippen LogP contribution in [0.25, 0.3) is 0 Å². The van der Waals surface area contributed by atoms with Gasteiger partial charge in [-0.2, -0.15) is 13.2 Å². The molecule has 0 aromatic heterocycles. The maximum Gasteiger partial charge on any atom is 0.418 e. The van der Waals surface area contributed by atoms with Gasteiger partial charge in [0.1, 0.15) is 5.83 Å². The molecule has 1 unspecified atom stereocenters. The van der Waals surface area contributed by atoms with Crippen LogP contribution < -0.4 is 5.90 Å². The summed E-state index contributed by atoms with van der Waals surface area (Å²) in [6, 6.07) is 0. The lowest BCUT2D eigenvalue weighted by Gasteiger charge is -2.17. The molecule has 0 aliphatic heterocycles. The third-order valence-electron chi connectivity index (χ3n) is 1.87. The van der Waals surface area contributed by atoms with E-state index in [4.69, 9.17) is 5.21 Å². The van der Waals surface area contributed by atoms with Gasteiger partial charge in [-0.15, -0.1) is 6.58 Å². The van der Waals surface area contributed by atoms with Gasteiger partial charge >= 0.3 is 6.18 Å². The molecule has 0 bridgehead atoms. The van der Waals surface area contributed by atoms with E-state index in [1.54, 1.807) is 0 Å². The lowest BCUT2D eigenvalue weighted by Crippen LogP contribution is -2.29. The molecule has 3 nitrogen and oxygen atoms in total. The first-order valence-corrected chi connectivity index (χ1v) is 5.06. The molecule has 0 rings (SSSR count). The predicted octanol–water partition coefficient (Wildman–Crippen LogP) is 3.44. The first-order chi connectivity index (χ1) is 8.82. The van der Waals surface area contributed by atoms with Crippen LogP contribution in [-0.4, -0.2) is 24.1 Å². The standard InChI is InChI=1S/C12H14F4O.H3NO/c1-4-6-10(9(3)13)7-8-17-11(5-2)12(14,15)16;1-2/h4-6,11H,1-3,7-8H2;2H,1H2/b10-6-;. The third-order valence-corrected chi connectivity index (χ3v) is 1.87. The predicted molar refractivity (Wildman–Crippen MR) is 65.1 cm³/mol. The van der Waals surface area contributed by atoms with Gasteiger partial charge in [0.15, 0.2) is 6.10 Å². The zero-order valence-corrected chi connectivity index (χ0v) is 10.3. The van der Waals surface area contributed by atoms with Gasteiger partial charge in [-0.05, 0) is 12.0 Å². The van der Waals surface area contributed by atoms with Crippen LogP contribution in [0.4, 0.5) is 17.6 Å². The van der Waals surface area contributed by atoms with Crippen molar-refractivity contribution in [3.05, 3.63) is 49.4 Å². The van der Waals surface area contributed by atoms with Gasteiger partial charge in [0, 0.05) is 0 Å². The first kappa shape index (κ1) is 19.9. The highest BCUT2D eigenvalue weighted by Crippen LogP contribution is 2.24. The third kappa shape index (κ3) is 9.18. The van der Waals surface area contributed by atoms with Gasteiger partial charge in [-0.1, -0.05) is 31.4 Å². The second kappa shape index (κ2) is 10.5. The molecule has 0 spiro atoms. The Morgan fingerprint density at radius 2 is 1.84 bits per heavy atom. The zero-order chi connectivity index (χ0) is 15.5. The average Bonchev–Trinajstić information content (AvgIpc) is 2.33. The number of nitrogens with two attached hydrogens (primary N) is 1. The molecule has 0 aliphatic rings. The molecule has 0 heterocycles. The summed E-state index contributed by atoms with van der Waals surface area (Å²) >= 11 is 0. The van der Waals surface area contributed by atoms with Crippen LogP contribution in [0.1, 0.15) is 6.42 Å². The number of allylic oxidation sites excluding steroid dienone is 3. The van der Waals surface area contributed by atoms with Gasteiger partial charge < -0.3 is 9.94 Å². The fourth-order valence-electron chi connectivity index (χ4n) is 1.04. The van der Waals surface area contributed by atoms with E-state index in [0.29, 0.717) is 6.08 Å². The van der Waals surface area contributed by atoms with Crippen LogP contribution in [-0.2, 0) is 4.74 Å². The maximum absolute atomic E-state index is 12.8. The monoisotopic (exact) mass is 283 g/mol. The fraction of sp³-hybridized carbons (Fsp3) is 0.333. The summed E-state index contributed by atoms with van der Waals surface area (Å²) in [6.45, 7) is 9.17. The molecule has 0 aromatic rings. The normalized spacial score (nSPS) is 13.1. The Kier molecular flexibility index (Phi) is 11.0. The Balaban J connectivity index is 0. The average molecular weight is 283 g/mol. The Bertz CT molecular complexity index is 324. The van der Waals surface area contributed by atoms with Crippen LogP contribution >= 0.6 is 0 Å². The summed E-state index contributed by atoms with van der Waals surface area (Å²) in [6.07, 6.45) is -3.24. The first-order valence-electron chi connectivity index (χ1n) is 5.06. The number of alkyl halides is 3. The second-order valence-corrected chi connectivity index (χ2v) is 3.15. The highest BCUT2D eigenvalue weighted by Gasteiger charge is 2.38. The smallest absolute Gasteiger partial charge is 0.364 e. The molecule has 0 radical (unpaired) electrons. The molecule has 7 heteroatoms. The molecule has 0 aromatic carbocycles. The van der Waals surface area contributed by atoms with Gasteiger partial charge in [0.2, 0.25) is 0 Å². The summed E-state index contributed by atoms with van der Waals surface area (Å²) in [4.78, 5) is 0. The molecular weight excluding hydrogens is 266 g/mol. The quantitative estimate of drug-likeness (QED) is 0.326. The van der Waals surface area contributed by atoms with Crippen LogP contribution in [0, 0.1) is 0 Å². The van der Waals surface area contributed by atoms with E-state index in [2.05, 4.69) is 30.4 Å². The van der Waals surface area contributed by atoms with E-state index in [9.17, 15) is 17.6 Å². The minimum absolute atomic E-state index is 0.0121. The summed E-state index contributed by atoms with van der Waals surface area (Å²) < 4.78 is 54.0. The van der Waals surface area contributed by atoms with E-state index >= 15 is 0 Å². The van der Waals surface area contributed by atoms with Crippen molar-refractivity contribution in [3.63, 3.8) is 0 Å². The Morgan fingerprint density at radius 1 is 1.32 bits per heavy atom. The number of halogens is 4. The topological polar surface area (TPSA) is 55.5 Å². The van der Waals surface area contributed by atoms with E-state index < -0.39 is 18.1 Å². The lowest BCUT2D eigenvalue weighted by molar-refractivity contribution is -0.203. The van der Waals surface area contributed by atoms with E-state index in [1.807, 2.05) is 0 Å². The fourth-order valence-corrected chi connectivity index (χ4v) is 1.04. The molecule has 0 aliphatic carbocycles. The van der Waals surface area contributed by atoms with Crippen LogP contribution in [0.5, 0.6) is 0 Å². The second-order valence-electron chi connectivity index (χ2n) is 3.15. The highest BCUT2D eigenvalue weighted by molar-refractivity contribution is 5.26. The Morgan fingerprint density at radius 3 is 2.16 bits per heavy atom. The number of hydrogen-bond acceptors (Lipinski definition) is 3. The van der Waals surface area contributed by atoms with Crippen LogP contribution in [0.15, 0.2) is 49.4 Å². The van der Waals surface area contributed by atoms with Crippen molar-refractivity contribution < 1.29 is 27.5 Å². The number of ether oxygens (including phenoxy) is 1. The molecule has 3 N–H and O–H groups in total. The van der Waals surface area contributed by atoms with Crippen molar-refractivity contribution in [1.29, 1.82) is 0 Å². The summed E-state index contributed by atoms with van der Waals surface area (Å²) in [7, 11) is 0. The lowest BCUT2D eigenvalue weighted by atomic mass is 10.1. The van der Waals surface area contributed by atoms with Gasteiger partial charge in [-0.25, -0.2) is 10.3 Å². The van der Waals surface area contributed by atoms with Gasteiger partial charge in [0.05, 0.1) is 6.61 Å². The largest absolute Gasteiger partial charge is 0.418 e. The van der Waals surface area contributed by atoms with Gasteiger partial charge in [0.25, 0.3) is 0 Å². The van der Waals surface area contributed by atoms with Crippen molar-refractivity contribution in [2.45, 2.75) is 18.7 Å². The molecule has 0 saturated carbocycles. The molecule has 19 heavy (non-hydrogen) atoms. The zero-order valence-electron chi connectivity index (χ0n) is 10.3. The molecule has 0 fully saturated rings. The van der Waals surface area contributed by atoms with Crippen LogP contribution in [0.2, 0.25) is 0 Å². The minimum atomic E-state index is -4.50. The van der Waals surface area contributed by atoms with Crippen molar-refractivity contribution in [1.82, 2.24) is 0 Å². The summed E-state index contributed by atoms with van der Waals surface area (Å²) in [5, 5.41) is 6.50.